The molecule has 0 aliphatic rings. The van der Waals surface area contributed by atoms with Crippen LogP contribution in [0.5, 0.6) is 0 Å². The molecular weight excluding hydrogens is 213 g/mol. The molecule has 0 spiro atoms. The average Bonchev–Trinajstić information content (AvgIpc) is 2.15. The quantitative estimate of drug-likeness (QED) is 0.682. The molecule has 16 heavy (non-hydrogen) atoms. The largest absolute Gasteiger partial charge is 0.207 e. The molecule has 0 radical (unpaired) electrons. The van der Waals surface area contributed by atoms with Crippen molar-refractivity contribution in [3.05, 3.63) is 59.4 Å². The monoisotopic (exact) mass is 222 g/mol. The van der Waals surface area contributed by atoms with Crippen LogP contribution in [0.15, 0.2) is 36.4 Å². The van der Waals surface area contributed by atoms with Crippen molar-refractivity contribution >= 4 is 0 Å². The first-order valence-electron chi connectivity index (χ1n) is 4.79. The van der Waals surface area contributed by atoms with Crippen LogP contribution in [0.4, 0.5) is 13.2 Å². The zero-order valence-corrected chi connectivity index (χ0v) is 8.60. The van der Waals surface area contributed by atoms with Gasteiger partial charge < -0.3 is 0 Å². The summed E-state index contributed by atoms with van der Waals surface area (Å²) in [6.07, 6.45) is 0. The van der Waals surface area contributed by atoms with Gasteiger partial charge in [-0.25, -0.2) is 13.2 Å². The topological polar surface area (TPSA) is 0 Å². The summed E-state index contributed by atoms with van der Waals surface area (Å²) in [7, 11) is 0. The summed E-state index contributed by atoms with van der Waals surface area (Å²) >= 11 is 0. The molecule has 0 N–H and O–H groups in total. The van der Waals surface area contributed by atoms with Crippen molar-refractivity contribution in [1.82, 2.24) is 0 Å². The number of halogens is 3. The van der Waals surface area contributed by atoms with Gasteiger partial charge in [-0.3, -0.25) is 0 Å². The van der Waals surface area contributed by atoms with Crippen LogP contribution in [-0.4, -0.2) is 0 Å². The Morgan fingerprint density at radius 1 is 0.812 bits per heavy atom. The van der Waals surface area contributed by atoms with Crippen molar-refractivity contribution in [3.8, 4) is 11.1 Å². The average molecular weight is 222 g/mol. The van der Waals surface area contributed by atoms with Gasteiger partial charge in [0.05, 0.1) is 0 Å². The molecule has 82 valence electrons. The Balaban J connectivity index is 2.58. The normalized spacial score (nSPS) is 10.5. The fraction of sp³-hybridized carbons (Fsp3) is 0.0769. The van der Waals surface area contributed by atoms with Crippen LogP contribution in [0.25, 0.3) is 11.1 Å². The van der Waals surface area contributed by atoms with Crippen LogP contribution < -0.4 is 0 Å². The van der Waals surface area contributed by atoms with Crippen molar-refractivity contribution in [2.24, 2.45) is 0 Å². The van der Waals surface area contributed by atoms with E-state index in [1.54, 1.807) is 13.0 Å². The Labute approximate surface area is 91.4 Å². The molecule has 2 aromatic rings. The van der Waals surface area contributed by atoms with E-state index in [9.17, 15) is 13.2 Å². The SMILES string of the molecule is Cc1ccc(-c2cc(F)cc(F)c2)c(F)c1. The highest BCUT2D eigenvalue weighted by Gasteiger charge is 2.07. The second-order valence-corrected chi connectivity index (χ2v) is 3.64. The number of aryl methyl sites for hydroxylation is 1. The van der Waals surface area contributed by atoms with E-state index in [-0.39, 0.29) is 11.1 Å². The van der Waals surface area contributed by atoms with E-state index in [4.69, 9.17) is 0 Å². The van der Waals surface area contributed by atoms with Gasteiger partial charge in [0.25, 0.3) is 0 Å². The molecule has 0 aliphatic carbocycles. The highest BCUT2D eigenvalue weighted by molar-refractivity contribution is 5.64. The summed E-state index contributed by atoms with van der Waals surface area (Å²) in [6, 6.07) is 7.52. The van der Waals surface area contributed by atoms with Gasteiger partial charge in [0, 0.05) is 11.6 Å². The molecule has 3 heteroatoms. The van der Waals surface area contributed by atoms with E-state index in [2.05, 4.69) is 0 Å². The van der Waals surface area contributed by atoms with Crippen molar-refractivity contribution < 1.29 is 13.2 Å². The third kappa shape index (κ3) is 2.08. The lowest BCUT2D eigenvalue weighted by atomic mass is 10.0. The van der Waals surface area contributed by atoms with Gasteiger partial charge in [0.2, 0.25) is 0 Å². The Hall–Kier alpha value is -1.77. The molecule has 0 fully saturated rings. The predicted octanol–water partition coefficient (Wildman–Crippen LogP) is 4.08. The standard InChI is InChI=1S/C13H9F3/c1-8-2-3-12(13(16)4-8)9-5-10(14)7-11(15)6-9/h2-7H,1H3. The first-order valence-corrected chi connectivity index (χ1v) is 4.79. The molecule has 0 saturated heterocycles. The number of rotatable bonds is 1. The predicted molar refractivity (Wildman–Crippen MR) is 56.5 cm³/mol. The maximum Gasteiger partial charge on any atom is 0.131 e. The van der Waals surface area contributed by atoms with Crippen LogP contribution in [0.1, 0.15) is 5.56 Å². The van der Waals surface area contributed by atoms with Crippen molar-refractivity contribution in [3.63, 3.8) is 0 Å². The molecule has 0 saturated carbocycles. The summed E-state index contributed by atoms with van der Waals surface area (Å²) in [5.74, 6) is -1.91. The summed E-state index contributed by atoms with van der Waals surface area (Å²) < 4.78 is 39.5. The van der Waals surface area contributed by atoms with Crippen molar-refractivity contribution in [2.75, 3.05) is 0 Å². The second-order valence-electron chi connectivity index (χ2n) is 3.64. The summed E-state index contributed by atoms with van der Waals surface area (Å²) in [4.78, 5) is 0. The molecule has 0 aromatic heterocycles. The third-order valence-electron chi connectivity index (χ3n) is 2.30. The zero-order chi connectivity index (χ0) is 11.7. The molecule has 0 bridgehead atoms. The summed E-state index contributed by atoms with van der Waals surface area (Å²) in [5.41, 5.74) is 1.16. The molecule has 0 unspecified atom stereocenters. The number of benzene rings is 2. The minimum Gasteiger partial charge on any atom is -0.207 e. The Morgan fingerprint density at radius 2 is 1.44 bits per heavy atom. The van der Waals surface area contributed by atoms with Gasteiger partial charge in [0.1, 0.15) is 17.5 Å². The third-order valence-corrected chi connectivity index (χ3v) is 2.30. The molecule has 0 amide bonds. The molecule has 0 heterocycles. The van der Waals surface area contributed by atoms with Crippen LogP contribution in [0, 0.1) is 24.4 Å². The van der Waals surface area contributed by atoms with Crippen LogP contribution in [-0.2, 0) is 0 Å². The van der Waals surface area contributed by atoms with Crippen molar-refractivity contribution in [1.29, 1.82) is 0 Å². The van der Waals surface area contributed by atoms with Gasteiger partial charge in [0.15, 0.2) is 0 Å². The molecule has 0 aliphatic heterocycles. The molecule has 0 nitrogen and oxygen atoms in total. The van der Waals surface area contributed by atoms with E-state index in [1.807, 2.05) is 0 Å². The minimum absolute atomic E-state index is 0.198. The summed E-state index contributed by atoms with van der Waals surface area (Å²) in [6.45, 7) is 1.75. The second kappa shape index (κ2) is 4.00. The first kappa shape index (κ1) is 10.7. The highest BCUT2D eigenvalue weighted by Crippen LogP contribution is 2.25. The Morgan fingerprint density at radius 3 is 2.00 bits per heavy atom. The minimum atomic E-state index is -0.713. The van der Waals surface area contributed by atoms with E-state index in [0.717, 1.165) is 23.8 Å². The van der Waals surface area contributed by atoms with E-state index >= 15 is 0 Å². The molecule has 2 rings (SSSR count). The fourth-order valence-corrected chi connectivity index (χ4v) is 1.56. The van der Waals surface area contributed by atoms with E-state index in [1.165, 1.54) is 12.1 Å². The van der Waals surface area contributed by atoms with Crippen LogP contribution >= 0.6 is 0 Å². The van der Waals surface area contributed by atoms with Gasteiger partial charge in [-0.15, -0.1) is 0 Å². The lowest BCUT2D eigenvalue weighted by Crippen LogP contribution is -1.88. The fourth-order valence-electron chi connectivity index (χ4n) is 1.56. The van der Waals surface area contributed by atoms with Crippen molar-refractivity contribution in [2.45, 2.75) is 6.92 Å². The highest BCUT2D eigenvalue weighted by atomic mass is 19.1. The van der Waals surface area contributed by atoms with Gasteiger partial charge >= 0.3 is 0 Å². The van der Waals surface area contributed by atoms with Gasteiger partial charge in [-0.2, -0.15) is 0 Å². The maximum absolute atomic E-state index is 13.6. The van der Waals surface area contributed by atoms with Crippen LogP contribution in [0.3, 0.4) is 0 Å². The Bertz CT molecular complexity index is 512. The van der Waals surface area contributed by atoms with E-state index < -0.39 is 17.5 Å². The number of hydrogen-bond donors (Lipinski definition) is 0. The molecular formula is C13H9F3. The molecule has 2 aromatic carbocycles. The smallest absolute Gasteiger partial charge is 0.131 e. The zero-order valence-electron chi connectivity index (χ0n) is 8.60. The first-order chi connectivity index (χ1) is 7.56. The summed E-state index contributed by atoms with van der Waals surface area (Å²) in [5, 5.41) is 0. The van der Waals surface area contributed by atoms with E-state index in [0.29, 0.717) is 0 Å². The molecule has 0 atom stereocenters. The Kier molecular flexibility index (Phi) is 2.69. The lowest BCUT2D eigenvalue weighted by Gasteiger charge is -2.05. The van der Waals surface area contributed by atoms with Gasteiger partial charge in [-0.05, 0) is 36.2 Å². The van der Waals surface area contributed by atoms with Crippen LogP contribution in [0.2, 0.25) is 0 Å². The lowest BCUT2D eigenvalue weighted by molar-refractivity contribution is 0.583. The maximum atomic E-state index is 13.6. The number of hydrogen-bond acceptors (Lipinski definition) is 0. The van der Waals surface area contributed by atoms with Gasteiger partial charge in [-0.1, -0.05) is 12.1 Å².